The van der Waals surface area contributed by atoms with Gasteiger partial charge in [0.1, 0.15) is 9.96 Å². The molecule has 0 saturated carbocycles. The van der Waals surface area contributed by atoms with E-state index >= 15 is 0 Å². The molecule has 1 saturated heterocycles. The Morgan fingerprint density at radius 2 is 1.73 bits per heavy atom. The molecule has 1 fully saturated rings. The van der Waals surface area contributed by atoms with Crippen molar-refractivity contribution >= 4 is 27.3 Å². The number of nitrogens with zero attached hydrogens (tertiary/aromatic N) is 1. The van der Waals surface area contributed by atoms with Crippen molar-refractivity contribution in [2.24, 2.45) is 0 Å². The van der Waals surface area contributed by atoms with Crippen molar-refractivity contribution in [3.63, 3.8) is 0 Å². The van der Waals surface area contributed by atoms with Crippen molar-refractivity contribution in [1.29, 1.82) is 0 Å². The Labute approximate surface area is 158 Å². The molecule has 1 aromatic carbocycles. The Balaban J connectivity index is 1.69. The third kappa shape index (κ3) is 4.16. The summed E-state index contributed by atoms with van der Waals surface area (Å²) in [5, 5.41) is 0. The zero-order chi connectivity index (χ0) is 18.7. The summed E-state index contributed by atoms with van der Waals surface area (Å²) in [4.78, 5) is 13.0. The average molecular weight is 394 g/mol. The van der Waals surface area contributed by atoms with Crippen LogP contribution in [0.25, 0.3) is 0 Å². The molecule has 2 aromatic rings. The number of rotatable bonds is 5. The van der Waals surface area contributed by atoms with Gasteiger partial charge in [-0.1, -0.05) is 24.6 Å². The first kappa shape index (κ1) is 19.1. The minimum Gasteiger partial charge on any atom is -0.426 e. The number of carbonyl (C=O) groups excluding carboxylic acids is 1. The fourth-order valence-electron chi connectivity index (χ4n) is 3.08. The Kier molecular flexibility index (Phi) is 5.79. The van der Waals surface area contributed by atoms with E-state index in [1.165, 1.54) is 0 Å². The van der Waals surface area contributed by atoms with Crippen molar-refractivity contribution < 1.29 is 17.9 Å². The molecule has 7 heteroatoms. The molecule has 1 aromatic heterocycles. The standard InChI is InChI=1S/C19H23NO4S2/c1-14-7-6-8-15(2)19(14)24-17(21)13-16-9-10-18(25-16)26(22,23)20-11-4-3-5-12-20/h6-10H,3-5,11-13H2,1-2H3. The Hall–Kier alpha value is -1.70. The second-order valence-electron chi connectivity index (χ2n) is 6.56. The zero-order valence-corrected chi connectivity index (χ0v) is 16.7. The van der Waals surface area contributed by atoms with E-state index in [9.17, 15) is 13.2 Å². The van der Waals surface area contributed by atoms with E-state index in [0.717, 1.165) is 41.7 Å². The molecule has 0 unspecified atom stereocenters. The topological polar surface area (TPSA) is 63.7 Å². The molecule has 0 amide bonds. The zero-order valence-electron chi connectivity index (χ0n) is 15.0. The predicted octanol–water partition coefficient (Wildman–Crippen LogP) is 3.69. The lowest BCUT2D eigenvalue weighted by atomic mass is 10.1. The number of benzene rings is 1. The van der Waals surface area contributed by atoms with Gasteiger partial charge < -0.3 is 4.74 Å². The lowest BCUT2D eigenvalue weighted by Crippen LogP contribution is -2.35. The molecule has 0 aliphatic carbocycles. The van der Waals surface area contributed by atoms with Crippen LogP contribution in [0.3, 0.4) is 0 Å². The summed E-state index contributed by atoms with van der Waals surface area (Å²) in [5.74, 6) is 0.196. The molecule has 26 heavy (non-hydrogen) atoms. The normalized spacial score (nSPS) is 15.8. The van der Waals surface area contributed by atoms with E-state index in [1.54, 1.807) is 16.4 Å². The van der Waals surface area contributed by atoms with E-state index in [4.69, 9.17) is 4.74 Å². The average Bonchev–Trinajstić information content (AvgIpc) is 3.08. The molecule has 1 aliphatic heterocycles. The van der Waals surface area contributed by atoms with Crippen molar-refractivity contribution in [3.05, 3.63) is 46.3 Å². The Morgan fingerprint density at radius 1 is 1.08 bits per heavy atom. The van der Waals surface area contributed by atoms with Gasteiger partial charge in [0.25, 0.3) is 10.0 Å². The maximum Gasteiger partial charge on any atom is 0.316 e. The molecule has 3 rings (SSSR count). The summed E-state index contributed by atoms with van der Waals surface area (Å²) in [6, 6.07) is 9.00. The third-order valence-corrected chi connectivity index (χ3v) is 7.94. The first-order valence-corrected chi connectivity index (χ1v) is 11.0. The number of hydrogen-bond donors (Lipinski definition) is 0. The van der Waals surface area contributed by atoms with Gasteiger partial charge >= 0.3 is 5.97 Å². The maximum atomic E-state index is 12.7. The number of hydrogen-bond acceptors (Lipinski definition) is 5. The number of para-hydroxylation sites is 1. The summed E-state index contributed by atoms with van der Waals surface area (Å²) in [5.41, 5.74) is 1.80. The highest BCUT2D eigenvalue weighted by Crippen LogP contribution is 2.28. The van der Waals surface area contributed by atoms with Crippen LogP contribution in [0.1, 0.15) is 35.3 Å². The van der Waals surface area contributed by atoms with Gasteiger partial charge in [-0.3, -0.25) is 4.79 Å². The van der Waals surface area contributed by atoms with Crippen molar-refractivity contribution in [2.45, 2.75) is 43.7 Å². The largest absolute Gasteiger partial charge is 0.426 e. The Morgan fingerprint density at radius 3 is 2.38 bits per heavy atom. The number of esters is 1. The highest BCUT2D eigenvalue weighted by atomic mass is 32.2. The second kappa shape index (κ2) is 7.90. The van der Waals surface area contributed by atoms with Crippen LogP contribution >= 0.6 is 11.3 Å². The summed E-state index contributed by atoms with van der Waals surface area (Å²) >= 11 is 1.15. The molecular weight excluding hydrogens is 370 g/mol. The smallest absolute Gasteiger partial charge is 0.316 e. The first-order chi connectivity index (χ1) is 12.4. The van der Waals surface area contributed by atoms with Gasteiger partial charge in [0, 0.05) is 18.0 Å². The first-order valence-electron chi connectivity index (χ1n) is 8.73. The van der Waals surface area contributed by atoms with Crippen LogP contribution in [0.15, 0.2) is 34.5 Å². The van der Waals surface area contributed by atoms with E-state index < -0.39 is 10.0 Å². The number of ether oxygens (including phenoxy) is 1. The van der Waals surface area contributed by atoms with E-state index in [0.29, 0.717) is 27.9 Å². The summed E-state index contributed by atoms with van der Waals surface area (Å²) < 4.78 is 32.7. The molecule has 0 atom stereocenters. The molecule has 1 aliphatic rings. The predicted molar refractivity (Wildman–Crippen MR) is 102 cm³/mol. The van der Waals surface area contributed by atoms with Crippen LogP contribution in [0, 0.1) is 13.8 Å². The Bertz CT molecular complexity index is 876. The van der Waals surface area contributed by atoms with Gasteiger partial charge in [-0.2, -0.15) is 4.31 Å². The number of thiophene rings is 1. The van der Waals surface area contributed by atoms with Crippen LogP contribution in [-0.4, -0.2) is 31.8 Å². The van der Waals surface area contributed by atoms with Crippen LogP contribution in [0.4, 0.5) is 0 Å². The minimum absolute atomic E-state index is 0.0635. The fourth-order valence-corrected chi connectivity index (χ4v) is 6.09. The van der Waals surface area contributed by atoms with Gasteiger partial charge in [0.05, 0.1) is 6.42 Å². The van der Waals surface area contributed by atoms with Crippen molar-refractivity contribution in [3.8, 4) is 5.75 Å². The molecule has 0 bridgehead atoms. The van der Waals surface area contributed by atoms with Gasteiger partial charge in [-0.25, -0.2) is 8.42 Å². The molecule has 5 nitrogen and oxygen atoms in total. The SMILES string of the molecule is Cc1cccc(C)c1OC(=O)Cc1ccc(S(=O)(=O)N2CCCCC2)s1. The molecular formula is C19H23NO4S2. The highest BCUT2D eigenvalue weighted by molar-refractivity contribution is 7.91. The quantitative estimate of drug-likeness (QED) is 0.574. The summed E-state index contributed by atoms with van der Waals surface area (Å²) in [6.45, 7) is 4.93. The molecule has 0 N–H and O–H groups in total. The van der Waals surface area contributed by atoms with E-state index in [-0.39, 0.29) is 12.4 Å². The number of aryl methyl sites for hydroxylation is 2. The number of carbonyl (C=O) groups is 1. The van der Waals surface area contributed by atoms with Crippen molar-refractivity contribution in [1.82, 2.24) is 4.31 Å². The lowest BCUT2D eigenvalue weighted by molar-refractivity contribution is -0.133. The van der Waals surface area contributed by atoms with Gasteiger partial charge in [0.15, 0.2) is 0 Å². The van der Waals surface area contributed by atoms with Crippen LogP contribution in [0.5, 0.6) is 5.75 Å². The maximum absolute atomic E-state index is 12.7. The minimum atomic E-state index is -3.45. The summed E-state index contributed by atoms with van der Waals surface area (Å²) in [7, 11) is -3.45. The fraction of sp³-hybridized carbons (Fsp3) is 0.421. The highest BCUT2D eigenvalue weighted by Gasteiger charge is 2.27. The molecule has 0 spiro atoms. The van der Waals surface area contributed by atoms with Gasteiger partial charge in [-0.15, -0.1) is 11.3 Å². The van der Waals surface area contributed by atoms with Crippen LogP contribution < -0.4 is 4.74 Å². The summed E-state index contributed by atoms with van der Waals surface area (Å²) in [6.07, 6.45) is 2.94. The molecule has 2 heterocycles. The third-order valence-electron chi connectivity index (χ3n) is 4.49. The molecule has 140 valence electrons. The van der Waals surface area contributed by atoms with E-state index in [2.05, 4.69) is 0 Å². The van der Waals surface area contributed by atoms with Crippen LogP contribution in [0.2, 0.25) is 0 Å². The second-order valence-corrected chi connectivity index (χ2v) is 9.89. The lowest BCUT2D eigenvalue weighted by Gasteiger charge is -2.25. The van der Waals surface area contributed by atoms with E-state index in [1.807, 2.05) is 32.0 Å². The van der Waals surface area contributed by atoms with Crippen LogP contribution in [-0.2, 0) is 21.2 Å². The number of sulfonamides is 1. The molecule has 0 radical (unpaired) electrons. The van der Waals surface area contributed by atoms with Crippen molar-refractivity contribution in [2.75, 3.05) is 13.1 Å². The number of piperidine rings is 1. The van der Waals surface area contributed by atoms with Gasteiger partial charge in [0.2, 0.25) is 0 Å². The monoisotopic (exact) mass is 393 g/mol. The van der Waals surface area contributed by atoms with Gasteiger partial charge in [-0.05, 0) is 49.9 Å².